The van der Waals surface area contributed by atoms with E-state index >= 15 is 0 Å². The highest BCUT2D eigenvalue weighted by Gasteiger charge is 2.12. The van der Waals surface area contributed by atoms with Crippen LogP contribution in [0.15, 0.2) is 34.1 Å². The molecule has 0 atom stereocenters. The highest BCUT2D eigenvalue weighted by Crippen LogP contribution is 2.22. The average Bonchev–Trinajstić information content (AvgIpc) is 2.88. The molecule has 1 amide bonds. The van der Waals surface area contributed by atoms with Crippen LogP contribution >= 0.6 is 27.3 Å². The van der Waals surface area contributed by atoms with Crippen molar-refractivity contribution in [2.24, 2.45) is 5.73 Å². The number of halogens is 2. The monoisotopic (exact) mass is 366 g/mol. The standard InChI is InChI=1S/C15H12BrFN2OS/c16-13-5-7-21-14(13)9-19-15(20)12-8-11(17)4-3-10(12)2-1-6-18/h3-5,7-8H,6,9,18H2,(H,19,20). The fourth-order valence-electron chi connectivity index (χ4n) is 1.67. The molecule has 0 spiro atoms. The lowest BCUT2D eigenvalue weighted by Crippen LogP contribution is -2.23. The van der Waals surface area contributed by atoms with E-state index in [0.29, 0.717) is 12.1 Å². The number of amides is 1. The van der Waals surface area contributed by atoms with Crippen LogP contribution in [0.1, 0.15) is 20.8 Å². The van der Waals surface area contributed by atoms with E-state index in [1.54, 1.807) is 0 Å². The van der Waals surface area contributed by atoms with Gasteiger partial charge in [-0.25, -0.2) is 4.39 Å². The van der Waals surface area contributed by atoms with Crippen LogP contribution in [0.5, 0.6) is 0 Å². The van der Waals surface area contributed by atoms with Crippen molar-refractivity contribution in [2.45, 2.75) is 6.54 Å². The van der Waals surface area contributed by atoms with Crippen LogP contribution in [-0.2, 0) is 6.54 Å². The van der Waals surface area contributed by atoms with Gasteiger partial charge in [0.25, 0.3) is 5.91 Å². The summed E-state index contributed by atoms with van der Waals surface area (Å²) in [6.07, 6.45) is 0. The van der Waals surface area contributed by atoms with Gasteiger partial charge in [0.1, 0.15) is 5.82 Å². The Labute approximate surface area is 134 Å². The molecule has 0 bridgehead atoms. The maximum absolute atomic E-state index is 13.3. The van der Waals surface area contributed by atoms with Crippen LogP contribution < -0.4 is 11.1 Å². The Kier molecular flexibility index (Phi) is 5.51. The van der Waals surface area contributed by atoms with E-state index in [2.05, 4.69) is 33.1 Å². The van der Waals surface area contributed by atoms with Gasteiger partial charge in [-0.2, -0.15) is 0 Å². The zero-order valence-corrected chi connectivity index (χ0v) is 13.4. The number of carbonyl (C=O) groups excluding carboxylic acids is 1. The SMILES string of the molecule is NCC#Cc1ccc(F)cc1C(=O)NCc1sccc1Br. The number of thiophene rings is 1. The lowest BCUT2D eigenvalue weighted by molar-refractivity contribution is 0.0950. The summed E-state index contributed by atoms with van der Waals surface area (Å²) < 4.78 is 14.3. The van der Waals surface area contributed by atoms with Gasteiger partial charge < -0.3 is 11.1 Å². The Morgan fingerprint density at radius 1 is 1.43 bits per heavy atom. The first-order valence-corrected chi connectivity index (χ1v) is 7.77. The summed E-state index contributed by atoms with van der Waals surface area (Å²) in [6.45, 7) is 0.554. The Morgan fingerprint density at radius 2 is 2.24 bits per heavy atom. The zero-order valence-electron chi connectivity index (χ0n) is 11.0. The molecule has 0 aliphatic heterocycles. The number of carbonyl (C=O) groups is 1. The summed E-state index contributed by atoms with van der Waals surface area (Å²) in [7, 11) is 0. The van der Waals surface area contributed by atoms with Crippen molar-refractivity contribution in [1.29, 1.82) is 0 Å². The van der Waals surface area contributed by atoms with Gasteiger partial charge >= 0.3 is 0 Å². The summed E-state index contributed by atoms with van der Waals surface area (Å²) in [5.41, 5.74) is 5.99. The highest BCUT2D eigenvalue weighted by atomic mass is 79.9. The Morgan fingerprint density at radius 3 is 2.90 bits per heavy atom. The van der Waals surface area contributed by atoms with Crippen molar-refractivity contribution < 1.29 is 9.18 Å². The number of hydrogen-bond acceptors (Lipinski definition) is 3. The van der Waals surface area contributed by atoms with Crippen molar-refractivity contribution in [3.8, 4) is 11.8 Å². The molecule has 0 radical (unpaired) electrons. The van der Waals surface area contributed by atoms with Gasteiger partial charge in [0, 0.05) is 14.9 Å². The first kappa shape index (κ1) is 15.7. The molecule has 0 aliphatic carbocycles. The molecule has 0 aliphatic rings. The van der Waals surface area contributed by atoms with Gasteiger partial charge in [-0.1, -0.05) is 11.8 Å². The van der Waals surface area contributed by atoms with Gasteiger partial charge in [-0.15, -0.1) is 11.3 Å². The van der Waals surface area contributed by atoms with Crippen molar-refractivity contribution in [3.05, 3.63) is 55.9 Å². The quantitative estimate of drug-likeness (QED) is 0.820. The van der Waals surface area contributed by atoms with Crippen LogP contribution in [-0.4, -0.2) is 12.5 Å². The molecule has 6 heteroatoms. The molecule has 3 N–H and O–H groups in total. The number of rotatable bonds is 3. The fourth-order valence-corrected chi connectivity index (χ4v) is 3.10. The fraction of sp³-hybridized carbons (Fsp3) is 0.133. The second-order valence-corrected chi connectivity index (χ2v) is 5.93. The van der Waals surface area contributed by atoms with Gasteiger partial charge in [0.2, 0.25) is 0 Å². The van der Waals surface area contributed by atoms with Crippen molar-refractivity contribution in [1.82, 2.24) is 5.32 Å². The van der Waals surface area contributed by atoms with Crippen LogP contribution in [0.25, 0.3) is 0 Å². The molecule has 2 aromatic rings. The molecule has 108 valence electrons. The summed E-state index contributed by atoms with van der Waals surface area (Å²) >= 11 is 4.92. The van der Waals surface area contributed by atoms with Gasteiger partial charge in [0.15, 0.2) is 0 Å². The molecule has 0 unspecified atom stereocenters. The smallest absolute Gasteiger partial charge is 0.252 e. The van der Waals surface area contributed by atoms with Crippen LogP contribution in [0.4, 0.5) is 4.39 Å². The molecule has 21 heavy (non-hydrogen) atoms. The summed E-state index contributed by atoms with van der Waals surface area (Å²) in [4.78, 5) is 13.2. The summed E-state index contributed by atoms with van der Waals surface area (Å²) in [6, 6.07) is 5.84. The predicted octanol–water partition coefficient (Wildman–Crippen LogP) is 2.89. The van der Waals surface area contributed by atoms with Crippen molar-refractivity contribution >= 4 is 33.2 Å². The third-order valence-corrected chi connectivity index (χ3v) is 4.58. The Balaban J connectivity index is 2.18. The van der Waals surface area contributed by atoms with Crippen LogP contribution in [0.2, 0.25) is 0 Å². The molecule has 2 rings (SSSR count). The van der Waals surface area contributed by atoms with E-state index in [1.807, 2.05) is 11.4 Å². The molecular weight excluding hydrogens is 355 g/mol. The minimum absolute atomic E-state index is 0.181. The third kappa shape index (κ3) is 4.14. The predicted molar refractivity (Wildman–Crippen MR) is 85.5 cm³/mol. The molecule has 3 nitrogen and oxygen atoms in total. The maximum Gasteiger partial charge on any atom is 0.252 e. The number of nitrogens with two attached hydrogens (primary N) is 1. The van der Waals surface area contributed by atoms with E-state index in [1.165, 1.54) is 29.5 Å². The summed E-state index contributed by atoms with van der Waals surface area (Å²) in [5, 5.41) is 4.68. The minimum atomic E-state index is -0.476. The molecule has 1 aromatic carbocycles. The van der Waals surface area contributed by atoms with Crippen molar-refractivity contribution in [2.75, 3.05) is 6.54 Å². The second-order valence-electron chi connectivity index (χ2n) is 4.07. The highest BCUT2D eigenvalue weighted by molar-refractivity contribution is 9.10. The molecular formula is C15H12BrFN2OS. The Bertz CT molecular complexity index is 718. The van der Waals surface area contributed by atoms with E-state index in [-0.39, 0.29) is 18.0 Å². The zero-order chi connectivity index (χ0) is 15.2. The first-order valence-electron chi connectivity index (χ1n) is 6.10. The van der Waals surface area contributed by atoms with E-state index in [0.717, 1.165) is 9.35 Å². The largest absolute Gasteiger partial charge is 0.347 e. The first-order chi connectivity index (χ1) is 10.1. The minimum Gasteiger partial charge on any atom is -0.347 e. The topological polar surface area (TPSA) is 55.1 Å². The van der Waals surface area contributed by atoms with E-state index in [9.17, 15) is 9.18 Å². The van der Waals surface area contributed by atoms with Gasteiger partial charge in [-0.05, 0) is 45.6 Å². The molecule has 1 heterocycles. The van der Waals surface area contributed by atoms with E-state index < -0.39 is 5.82 Å². The lowest BCUT2D eigenvalue weighted by Gasteiger charge is -2.07. The molecule has 0 saturated carbocycles. The average molecular weight is 367 g/mol. The number of benzene rings is 1. The van der Waals surface area contributed by atoms with E-state index in [4.69, 9.17) is 5.73 Å². The van der Waals surface area contributed by atoms with Gasteiger partial charge in [0.05, 0.1) is 18.7 Å². The molecule has 0 saturated heterocycles. The molecule has 0 fully saturated rings. The lowest BCUT2D eigenvalue weighted by atomic mass is 10.1. The van der Waals surface area contributed by atoms with Crippen LogP contribution in [0.3, 0.4) is 0 Å². The normalized spacial score (nSPS) is 9.86. The second kappa shape index (κ2) is 7.36. The number of nitrogens with one attached hydrogen (secondary N) is 1. The summed E-state index contributed by atoms with van der Waals surface area (Å²) in [5.74, 6) is 4.60. The Hall–Kier alpha value is -1.68. The van der Waals surface area contributed by atoms with Gasteiger partial charge in [-0.3, -0.25) is 4.79 Å². The number of hydrogen-bond donors (Lipinski definition) is 2. The maximum atomic E-state index is 13.3. The van der Waals surface area contributed by atoms with Crippen molar-refractivity contribution in [3.63, 3.8) is 0 Å². The van der Waals surface area contributed by atoms with Crippen LogP contribution in [0, 0.1) is 17.7 Å². The third-order valence-electron chi connectivity index (χ3n) is 2.65. The molecule has 1 aromatic heterocycles.